The maximum absolute atomic E-state index is 12.9. The third kappa shape index (κ3) is 4.40. The Kier molecular flexibility index (Phi) is 5.54. The van der Waals surface area contributed by atoms with Crippen LogP contribution in [-0.4, -0.2) is 66.3 Å². The molecule has 9 heteroatoms. The van der Waals surface area contributed by atoms with Crippen LogP contribution in [-0.2, 0) is 28.6 Å². The molecule has 2 aliphatic heterocycles. The SMILES string of the molecule is COC(=O)[C@@H]1CCC[C@@H]2C(=O)OCC(NC(=O)OC(C)(C)C)C(=O)N21. The molecule has 0 spiro atoms. The number of nitrogens with one attached hydrogen (secondary N) is 1. The summed E-state index contributed by atoms with van der Waals surface area (Å²) in [5.41, 5.74) is -0.739. The van der Waals surface area contributed by atoms with Crippen molar-refractivity contribution in [2.75, 3.05) is 13.7 Å². The number of carbonyl (C=O) groups excluding carboxylic acids is 4. The summed E-state index contributed by atoms with van der Waals surface area (Å²) in [4.78, 5) is 50.2. The van der Waals surface area contributed by atoms with Crippen LogP contribution in [0.15, 0.2) is 0 Å². The van der Waals surface area contributed by atoms with Crippen molar-refractivity contribution in [3.05, 3.63) is 0 Å². The summed E-state index contributed by atoms with van der Waals surface area (Å²) in [6.45, 7) is 4.76. The molecule has 0 aliphatic carbocycles. The number of rotatable bonds is 2. The number of nitrogens with zero attached hydrogens (tertiary/aromatic N) is 1. The first kappa shape index (κ1) is 19.0. The van der Waals surface area contributed by atoms with Gasteiger partial charge in [0.25, 0.3) is 0 Å². The van der Waals surface area contributed by atoms with Crippen LogP contribution in [0.2, 0.25) is 0 Å². The van der Waals surface area contributed by atoms with Crippen molar-refractivity contribution in [3.8, 4) is 0 Å². The molecule has 0 aromatic rings. The van der Waals surface area contributed by atoms with Gasteiger partial charge in [-0.05, 0) is 40.0 Å². The van der Waals surface area contributed by atoms with E-state index in [1.54, 1.807) is 20.8 Å². The van der Waals surface area contributed by atoms with E-state index < -0.39 is 47.7 Å². The Hall–Kier alpha value is -2.32. The van der Waals surface area contributed by atoms with Gasteiger partial charge in [0, 0.05) is 0 Å². The molecule has 2 fully saturated rings. The van der Waals surface area contributed by atoms with Crippen LogP contribution in [0, 0.1) is 0 Å². The highest BCUT2D eigenvalue weighted by atomic mass is 16.6. The summed E-state index contributed by atoms with van der Waals surface area (Å²) in [6, 6.07) is -2.84. The van der Waals surface area contributed by atoms with Crippen molar-refractivity contribution >= 4 is 23.9 Å². The first-order valence-corrected chi connectivity index (χ1v) is 8.20. The van der Waals surface area contributed by atoms with Gasteiger partial charge in [-0.15, -0.1) is 0 Å². The Labute approximate surface area is 145 Å². The highest BCUT2D eigenvalue weighted by Crippen LogP contribution is 2.27. The smallest absolute Gasteiger partial charge is 0.408 e. The van der Waals surface area contributed by atoms with Crippen molar-refractivity contribution in [2.24, 2.45) is 0 Å². The van der Waals surface area contributed by atoms with E-state index >= 15 is 0 Å². The minimum Gasteiger partial charge on any atom is -0.467 e. The van der Waals surface area contributed by atoms with E-state index in [2.05, 4.69) is 5.32 Å². The molecule has 2 rings (SSSR count). The zero-order valence-electron chi connectivity index (χ0n) is 14.9. The van der Waals surface area contributed by atoms with Gasteiger partial charge in [-0.3, -0.25) is 4.79 Å². The topological polar surface area (TPSA) is 111 Å². The highest BCUT2D eigenvalue weighted by molar-refractivity contribution is 5.95. The maximum atomic E-state index is 12.9. The molecule has 0 bridgehead atoms. The second-order valence-corrected chi connectivity index (χ2v) is 7.06. The molecule has 1 N–H and O–H groups in total. The van der Waals surface area contributed by atoms with E-state index in [1.165, 1.54) is 12.0 Å². The van der Waals surface area contributed by atoms with E-state index in [9.17, 15) is 19.2 Å². The van der Waals surface area contributed by atoms with E-state index in [4.69, 9.17) is 14.2 Å². The van der Waals surface area contributed by atoms with Crippen molar-refractivity contribution < 1.29 is 33.4 Å². The summed E-state index contributed by atoms with van der Waals surface area (Å²) in [5.74, 6) is -1.74. The van der Waals surface area contributed by atoms with Gasteiger partial charge in [-0.1, -0.05) is 0 Å². The first-order chi connectivity index (χ1) is 11.6. The number of hydrogen-bond donors (Lipinski definition) is 1. The summed E-state index contributed by atoms with van der Waals surface area (Å²) >= 11 is 0. The highest BCUT2D eigenvalue weighted by Gasteiger charge is 2.47. The second kappa shape index (κ2) is 7.28. The number of alkyl carbamates (subject to hydrolysis) is 1. The molecule has 2 heterocycles. The predicted molar refractivity (Wildman–Crippen MR) is 84.4 cm³/mol. The van der Waals surface area contributed by atoms with Gasteiger partial charge < -0.3 is 24.4 Å². The molecule has 0 aromatic carbocycles. The Bertz CT molecular complexity index is 569. The monoisotopic (exact) mass is 356 g/mol. The Balaban J connectivity index is 2.21. The maximum Gasteiger partial charge on any atom is 0.408 e. The second-order valence-electron chi connectivity index (χ2n) is 7.06. The molecular formula is C16H24N2O7. The van der Waals surface area contributed by atoms with Crippen LogP contribution in [0.25, 0.3) is 0 Å². The summed E-state index contributed by atoms with van der Waals surface area (Å²) in [7, 11) is 1.23. The van der Waals surface area contributed by atoms with Gasteiger partial charge in [-0.2, -0.15) is 0 Å². The number of methoxy groups -OCH3 is 1. The van der Waals surface area contributed by atoms with Crippen molar-refractivity contribution in [2.45, 2.75) is 63.8 Å². The van der Waals surface area contributed by atoms with Crippen LogP contribution in [0.4, 0.5) is 4.79 Å². The van der Waals surface area contributed by atoms with E-state index in [1.807, 2.05) is 0 Å². The minimum absolute atomic E-state index is 0.308. The lowest BCUT2D eigenvalue weighted by Gasteiger charge is -2.38. The van der Waals surface area contributed by atoms with Crippen LogP contribution < -0.4 is 5.32 Å². The molecule has 0 saturated carbocycles. The normalized spacial score (nSPS) is 26.9. The van der Waals surface area contributed by atoms with Crippen LogP contribution in [0.3, 0.4) is 0 Å². The third-order valence-electron chi connectivity index (χ3n) is 4.01. The molecule has 25 heavy (non-hydrogen) atoms. The van der Waals surface area contributed by atoms with Gasteiger partial charge in [0.2, 0.25) is 5.91 Å². The average molecular weight is 356 g/mol. The zero-order valence-corrected chi connectivity index (χ0v) is 14.9. The van der Waals surface area contributed by atoms with Gasteiger partial charge in [0.15, 0.2) is 0 Å². The van der Waals surface area contributed by atoms with Crippen LogP contribution >= 0.6 is 0 Å². The van der Waals surface area contributed by atoms with Gasteiger partial charge >= 0.3 is 18.0 Å². The lowest BCUT2D eigenvalue weighted by Crippen LogP contribution is -2.59. The number of cyclic esters (lactones) is 1. The number of ether oxygens (including phenoxy) is 3. The summed E-state index contributed by atoms with van der Waals surface area (Å²) in [5, 5.41) is 2.41. The number of fused-ring (bicyclic) bond motifs is 1. The fraction of sp³-hybridized carbons (Fsp3) is 0.750. The molecule has 2 amide bonds. The number of hydrogen-bond acceptors (Lipinski definition) is 7. The van der Waals surface area contributed by atoms with Gasteiger partial charge in [0.05, 0.1) is 7.11 Å². The number of amides is 2. The Morgan fingerprint density at radius 2 is 1.92 bits per heavy atom. The number of esters is 2. The quantitative estimate of drug-likeness (QED) is 0.561. The van der Waals surface area contributed by atoms with Crippen LogP contribution in [0.5, 0.6) is 0 Å². The largest absolute Gasteiger partial charge is 0.467 e. The molecule has 9 nitrogen and oxygen atoms in total. The molecule has 2 saturated heterocycles. The van der Waals surface area contributed by atoms with Crippen molar-refractivity contribution in [1.29, 1.82) is 0 Å². The average Bonchev–Trinajstić information content (AvgIpc) is 2.64. The zero-order chi connectivity index (χ0) is 18.8. The molecule has 3 atom stereocenters. The Morgan fingerprint density at radius 3 is 2.52 bits per heavy atom. The molecular weight excluding hydrogens is 332 g/mol. The molecule has 2 aliphatic rings. The molecule has 0 aromatic heterocycles. The van der Waals surface area contributed by atoms with E-state index in [-0.39, 0.29) is 6.61 Å². The molecule has 0 radical (unpaired) electrons. The number of piperidine rings is 1. The third-order valence-corrected chi connectivity index (χ3v) is 4.01. The number of carbonyl (C=O) groups is 4. The lowest BCUT2D eigenvalue weighted by molar-refractivity contribution is -0.162. The van der Waals surface area contributed by atoms with Crippen LogP contribution in [0.1, 0.15) is 40.0 Å². The summed E-state index contributed by atoms with van der Waals surface area (Å²) < 4.78 is 15.0. The molecule has 1 unspecified atom stereocenters. The van der Waals surface area contributed by atoms with Gasteiger partial charge in [0.1, 0.15) is 30.3 Å². The van der Waals surface area contributed by atoms with Gasteiger partial charge in [-0.25, -0.2) is 14.4 Å². The van der Waals surface area contributed by atoms with E-state index in [0.717, 1.165) is 0 Å². The first-order valence-electron chi connectivity index (χ1n) is 8.20. The molecule has 140 valence electrons. The van der Waals surface area contributed by atoms with E-state index in [0.29, 0.717) is 19.3 Å². The fourth-order valence-corrected chi connectivity index (χ4v) is 2.97. The Morgan fingerprint density at radius 1 is 1.24 bits per heavy atom. The van der Waals surface area contributed by atoms with Crippen molar-refractivity contribution in [3.63, 3.8) is 0 Å². The summed E-state index contributed by atoms with van der Waals surface area (Å²) in [6.07, 6.45) is 0.582. The van der Waals surface area contributed by atoms with Crippen molar-refractivity contribution in [1.82, 2.24) is 10.2 Å². The lowest BCUT2D eigenvalue weighted by atomic mass is 9.95. The standard InChI is InChI=1S/C16H24N2O7/c1-16(2,3)25-15(22)17-9-8-24-14(21)11-7-5-6-10(13(20)23-4)18(11)12(9)19/h9-11H,5-8H2,1-4H3,(H,17,22)/t9?,10-,11+/m0/s1. The minimum atomic E-state index is -1.12. The fourth-order valence-electron chi connectivity index (χ4n) is 2.97. The predicted octanol–water partition coefficient (Wildman–Crippen LogP) is 0.359.